The molecule has 0 atom stereocenters. The van der Waals surface area contributed by atoms with Crippen LogP contribution in [0.2, 0.25) is 0 Å². The number of benzene rings is 1. The zero-order valence-electron chi connectivity index (χ0n) is 10.7. The summed E-state index contributed by atoms with van der Waals surface area (Å²) in [5, 5.41) is 10.7. The molecule has 2 rings (SSSR count). The first kappa shape index (κ1) is 13.5. The molecule has 1 aliphatic rings. The lowest BCUT2D eigenvalue weighted by atomic mass is 10.0. The van der Waals surface area contributed by atoms with Crippen molar-refractivity contribution in [1.82, 2.24) is 0 Å². The van der Waals surface area contributed by atoms with E-state index in [-0.39, 0.29) is 5.69 Å². The second-order valence-corrected chi connectivity index (χ2v) is 4.57. The number of hydrogen-bond acceptors (Lipinski definition) is 5. The fraction of sp³-hybridized carbons (Fsp3) is 0.462. The summed E-state index contributed by atoms with van der Waals surface area (Å²) in [4.78, 5) is 23.3. The van der Waals surface area contributed by atoms with Gasteiger partial charge in [0.1, 0.15) is 0 Å². The molecule has 1 aromatic carbocycles. The number of nitro benzene ring substituents is 1. The molecule has 0 N–H and O–H groups in total. The van der Waals surface area contributed by atoms with Crippen molar-refractivity contribution in [3.05, 3.63) is 33.9 Å². The minimum atomic E-state index is -0.495. The van der Waals surface area contributed by atoms with Gasteiger partial charge in [0.05, 0.1) is 4.92 Å². The number of anilines is 1. The van der Waals surface area contributed by atoms with Gasteiger partial charge in [0.2, 0.25) is 0 Å². The maximum atomic E-state index is 11.1. The number of non-ortho nitro benzene ring substituents is 1. The van der Waals surface area contributed by atoms with Gasteiger partial charge < -0.3 is 9.64 Å². The van der Waals surface area contributed by atoms with Crippen molar-refractivity contribution in [1.29, 1.82) is 0 Å². The molecule has 0 amide bonds. The van der Waals surface area contributed by atoms with Crippen LogP contribution in [0.5, 0.6) is 0 Å². The highest BCUT2D eigenvalue weighted by molar-refractivity contribution is 5.86. The van der Waals surface area contributed by atoms with Crippen LogP contribution in [-0.4, -0.2) is 37.5 Å². The van der Waals surface area contributed by atoms with Crippen molar-refractivity contribution in [2.24, 2.45) is 0 Å². The molecule has 0 radical (unpaired) electrons. The molecule has 1 saturated heterocycles. The molecule has 1 heterocycles. The molecule has 1 aromatic rings. The van der Waals surface area contributed by atoms with Gasteiger partial charge in [0.15, 0.2) is 6.29 Å². The lowest BCUT2D eigenvalue weighted by Crippen LogP contribution is -2.37. The van der Waals surface area contributed by atoms with E-state index in [0.29, 0.717) is 31.1 Å². The topological polar surface area (TPSA) is 72.7 Å². The summed E-state index contributed by atoms with van der Waals surface area (Å²) in [5.41, 5.74) is 1.02. The third kappa shape index (κ3) is 2.90. The van der Waals surface area contributed by atoms with Crippen LogP contribution >= 0.6 is 0 Å². The van der Waals surface area contributed by atoms with E-state index in [1.165, 1.54) is 12.1 Å². The van der Waals surface area contributed by atoms with E-state index in [1.807, 2.05) is 11.9 Å². The molecule has 6 nitrogen and oxygen atoms in total. The van der Waals surface area contributed by atoms with E-state index in [2.05, 4.69) is 0 Å². The van der Waals surface area contributed by atoms with Crippen molar-refractivity contribution in [3.8, 4) is 0 Å². The Morgan fingerprint density at radius 3 is 2.68 bits per heavy atom. The van der Waals surface area contributed by atoms with Gasteiger partial charge in [-0.25, -0.2) is 0 Å². The van der Waals surface area contributed by atoms with Gasteiger partial charge in [-0.1, -0.05) is 0 Å². The normalized spacial score (nSPS) is 16.1. The smallest absolute Gasteiger partial charge is 0.270 e. The molecule has 0 spiro atoms. The summed E-state index contributed by atoms with van der Waals surface area (Å²) in [7, 11) is 1.91. The largest absolute Gasteiger partial charge is 0.381 e. The first-order valence-electron chi connectivity index (χ1n) is 6.17. The van der Waals surface area contributed by atoms with Gasteiger partial charge in [0.25, 0.3) is 5.69 Å². The quantitative estimate of drug-likeness (QED) is 0.472. The summed E-state index contributed by atoms with van der Waals surface area (Å²) in [6.45, 7) is 1.41. The maximum absolute atomic E-state index is 11.1. The molecule has 0 saturated carbocycles. The first-order valence-corrected chi connectivity index (χ1v) is 6.17. The van der Waals surface area contributed by atoms with Gasteiger partial charge >= 0.3 is 0 Å². The van der Waals surface area contributed by atoms with Crippen molar-refractivity contribution in [2.45, 2.75) is 18.9 Å². The van der Waals surface area contributed by atoms with Gasteiger partial charge in [-0.3, -0.25) is 14.9 Å². The predicted octanol–water partition coefficient (Wildman–Crippen LogP) is 2.02. The van der Waals surface area contributed by atoms with E-state index in [0.717, 1.165) is 18.5 Å². The minimum absolute atomic E-state index is 0.0637. The Balaban J connectivity index is 2.27. The van der Waals surface area contributed by atoms with Crippen LogP contribution in [-0.2, 0) is 4.74 Å². The molecule has 6 heteroatoms. The summed E-state index contributed by atoms with van der Waals surface area (Å²) in [6.07, 6.45) is 2.45. The lowest BCUT2D eigenvalue weighted by Gasteiger charge is -2.33. The molecule has 1 fully saturated rings. The van der Waals surface area contributed by atoms with Gasteiger partial charge in [-0.15, -0.1) is 0 Å². The number of rotatable bonds is 4. The maximum Gasteiger partial charge on any atom is 0.270 e. The number of hydrogen-bond donors (Lipinski definition) is 0. The summed E-state index contributed by atoms with van der Waals surface area (Å²) < 4.78 is 5.31. The van der Waals surface area contributed by atoms with Gasteiger partial charge in [-0.2, -0.15) is 0 Å². The zero-order valence-corrected chi connectivity index (χ0v) is 10.7. The van der Waals surface area contributed by atoms with Crippen molar-refractivity contribution in [3.63, 3.8) is 0 Å². The number of ether oxygens (including phenoxy) is 1. The van der Waals surface area contributed by atoms with Crippen LogP contribution in [0.1, 0.15) is 23.2 Å². The third-order valence-corrected chi connectivity index (χ3v) is 3.47. The van der Waals surface area contributed by atoms with Crippen LogP contribution < -0.4 is 4.90 Å². The Morgan fingerprint density at radius 2 is 2.11 bits per heavy atom. The summed E-state index contributed by atoms with van der Waals surface area (Å²) >= 11 is 0. The Labute approximate surface area is 111 Å². The first-order chi connectivity index (χ1) is 9.13. The summed E-state index contributed by atoms with van der Waals surface area (Å²) in [6, 6.07) is 4.68. The SMILES string of the molecule is CN(c1ccc([N+](=O)[O-])cc1C=O)C1CCOCC1. The van der Waals surface area contributed by atoms with Crippen LogP contribution in [0.15, 0.2) is 18.2 Å². The zero-order chi connectivity index (χ0) is 13.8. The van der Waals surface area contributed by atoms with Crippen LogP contribution in [0.3, 0.4) is 0 Å². The molecule has 0 unspecified atom stereocenters. The number of nitrogens with zero attached hydrogens (tertiary/aromatic N) is 2. The van der Waals surface area contributed by atoms with Crippen molar-refractivity contribution >= 4 is 17.7 Å². The van der Waals surface area contributed by atoms with Crippen molar-refractivity contribution < 1.29 is 14.5 Å². The standard InChI is InChI=1S/C13H16N2O4/c1-14(11-4-6-19-7-5-11)13-3-2-12(15(17)18)8-10(13)9-16/h2-3,8-9,11H,4-7H2,1H3. The second-order valence-electron chi connectivity index (χ2n) is 4.57. The Bertz CT molecular complexity index is 484. The highest BCUT2D eigenvalue weighted by atomic mass is 16.6. The highest BCUT2D eigenvalue weighted by Gasteiger charge is 2.21. The minimum Gasteiger partial charge on any atom is -0.381 e. The van der Waals surface area contributed by atoms with Crippen LogP contribution in [0, 0.1) is 10.1 Å². The van der Waals surface area contributed by atoms with E-state index in [4.69, 9.17) is 4.74 Å². The average Bonchev–Trinajstić information content (AvgIpc) is 2.46. The molecule has 0 aromatic heterocycles. The van der Waals surface area contributed by atoms with E-state index in [1.54, 1.807) is 6.07 Å². The van der Waals surface area contributed by atoms with Crippen LogP contribution in [0.25, 0.3) is 0 Å². The van der Waals surface area contributed by atoms with Crippen molar-refractivity contribution in [2.75, 3.05) is 25.2 Å². The predicted molar refractivity (Wildman–Crippen MR) is 70.7 cm³/mol. The fourth-order valence-electron chi connectivity index (χ4n) is 2.34. The van der Waals surface area contributed by atoms with E-state index < -0.39 is 4.92 Å². The summed E-state index contributed by atoms with van der Waals surface area (Å²) in [5.74, 6) is 0. The fourth-order valence-corrected chi connectivity index (χ4v) is 2.34. The van der Waals surface area contributed by atoms with Crippen LogP contribution in [0.4, 0.5) is 11.4 Å². The van der Waals surface area contributed by atoms with E-state index >= 15 is 0 Å². The molecular formula is C13H16N2O4. The second kappa shape index (κ2) is 5.79. The number of aldehydes is 1. The molecule has 1 aliphatic heterocycles. The number of nitro groups is 1. The van der Waals surface area contributed by atoms with Gasteiger partial charge in [-0.05, 0) is 18.9 Å². The average molecular weight is 264 g/mol. The third-order valence-electron chi connectivity index (χ3n) is 3.47. The van der Waals surface area contributed by atoms with E-state index in [9.17, 15) is 14.9 Å². The lowest BCUT2D eigenvalue weighted by molar-refractivity contribution is -0.384. The number of carbonyl (C=O) groups excluding carboxylic acids is 1. The Kier molecular flexibility index (Phi) is 4.11. The molecule has 0 aliphatic carbocycles. The molecular weight excluding hydrogens is 248 g/mol. The monoisotopic (exact) mass is 264 g/mol. The van der Waals surface area contributed by atoms with Gasteiger partial charge in [0, 0.05) is 49.7 Å². The molecule has 19 heavy (non-hydrogen) atoms. The number of carbonyl (C=O) groups is 1. The molecule has 0 bridgehead atoms. The Morgan fingerprint density at radius 1 is 1.42 bits per heavy atom. The highest BCUT2D eigenvalue weighted by Crippen LogP contribution is 2.27. The Hall–Kier alpha value is -1.95. The molecule has 102 valence electrons.